The van der Waals surface area contributed by atoms with Crippen molar-refractivity contribution in [2.45, 2.75) is 12.5 Å². The van der Waals surface area contributed by atoms with Crippen LogP contribution in [0.25, 0.3) is 0 Å². The van der Waals surface area contributed by atoms with Gasteiger partial charge in [-0.25, -0.2) is 4.39 Å². The Hall–Kier alpha value is -1.13. The van der Waals surface area contributed by atoms with Crippen LogP contribution in [0.4, 0.5) is 4.39 Å². The van der Waals surface area contributed by atoms with E-state index >= 15 is 0 Å². The number of aliphatic hydroxyl groups excluding tert-OH is 1. The van der Waals surface area contributed by atoms with E-state index in [1.807, 2.05) is 0 Å². The topological polar surface area (TPSA) is 55.5 Å². The van der Waals surface area contributed by atoms with Gasteiger partial charge in [0.25, 0.3) is 0 Å². The third-order valence-electron chi connectivity index (χ3n) is 1.98. The highest BCUT2D eigenvalue weighted by atomic mass is 19.1. The van der Waals surface area contributed by atoms with Crippen molar-refractivity contribution in [3.63, 3.8) is 0 Å². The lowest BCUT2D eigenvalue weighted by Gasteiger charge is -2.11. The van der Waals surface area contributed by atoms with Gasteiger partial charge in [-0.2, -0.15) is 0 Å². The summed E-state index contributed by atoms with van der Waals surface area (Å²) in [5.41, 5.74) is 6.03. The average Bonchev–Trinajstić information content (AvgIpc) is 2.20. The molecular formula is C10H14FNO2. The predicted octanol–water partition coefficient (Wildman–Crippen LogP) is 0.696. The van der Waals surface area contributed by atoms with Crippen molar-refractivity contribution in [3.05, 3.63) is 29.6 Å². The third-order valence-corrected chi connectivity index (χ3v) is 1.98. The molecule has 3 nitrogen and oxygen atoms in total. The van der Waals surface area contributed by atoms with Gasteiger partial charge in [0.2, 0.25) is 0 Å². The number of nitrogens with two attached hydrogens (primary N) is 1. The lowest BCUT2D eigenvalue weighted by Crippen LogP contribution is -2.22. The molecule has 1 atom stereocenters. The van der Waals surface area contributed by atoms with Crippen LogP contribution in [0.1, 0.15) is 5.56 Å². The summed E-state index contributed by atoms with van der Waals surface area (Å²) >= 11 is 0. The summed E-state index contributed by atoms with van der Waals surface area (Å²) in [7, 11) is 1.47. The zero-order valence-electron chi connectivity index (χ0n) is 8.03. The molecule has 1 rings (SSSR count). The van der Waals surface area contributed by atoms with Gasteiger partial charge in [0.15, 0.2) is 0 Å². The molecule has 0 saturated heterocycles. The van der Waals surface area contributed by atoms with Crippen molar-refractivity contribution in [1.82, 2.24) is 0 Å². The lowest BCUT2D eigenvalue weighted by atomic mass is 10.1. The van der Waals surface area contributed by atoms with E-state index in [1.54, 1.807) is 6.07 Å². The Bertz CT molecular complexity index is 304. The maximum atomic E-state index is 12.8. The van der Waals surface area contributed by atoms with Gasteiger partial charge >= 0.3 is 0 Å². The summed E-state index contributed by atoms with van der Waals surface area (Å²) in [6, 6.07) is 4.21. The Balaban J connectivity index is 2.85. The van der Waals surface area contributed by atoms with Gasteiger partial charge in [0.05, 0.1) is 13.2 Å². The van der Waals surface area contributed by atoms with E-state index in [2.05, 4.69) is 0 Å². The van der Waals surface area contributed by atoms with E-state index in [9.17, 15) is 9.50 Å². The highest BCUT2D eigenvalue weighted by Crippen LogP contribution is 2.20. The molecule has 0 aliphatic carbocycles. The first kappa shape index (κ1) is 10.9. The minimum absolute atomic E-state index is 0.181. The first-order valence-electron chi connectivity index (χ1n) is 4.38. The van der Waals surface area contributed by atoms with E-state index in [4.69, 9.17) is 10.5 Å². The number of halogens is 1. The van der Waals surface area contributed by atoms with Crippen LogP contribution in [0, 0.1) is 5.82 Å². The molecule has 0 aromatic heterocycles. The second-order valence-electron chi connectivity index (χ2n) is 3.05. The van der Waals surface area contributed by atoms with Gasteiger partial charge in [0, 0.05) is 19.0 Å². The number of methoxy groups -OCH3 is 1. The van der Waals surface area contributed by atoms with Crippen molar-refractivity contribution in [1.29, 1.82) is 0 Å². The molecule has 0 aliphatic heterocycles. The van der Waals surface area contributed by atoms with E-state index in [1.165, 1.54) is 19.2 Å². The molecule has 1 aromatic rings. The van der Waals surface area contributed by atoms with Crippen molar-refractivity contribution in [2.24, 2.45) is 5.73 Å². The van der Waals surface area contributed by atoms with Crippen LogP contribution in [0.15, 0.2) is 18.2 Å². The fraction of sp³-hybridized carbons (Fsp3) is 0.400. The first-order chi connectivity index (χ1) is 6.67. The minimum Gasteiger partial charge on any atom is -0.496 e. The summed E-state index contributed by atoms with van der Waals surface area (Å²) in [6.45, 7) is 0.181. The zero-order valence-corrected chi connectivity index (χ0v) is 8.03. The quantitative estimate of drug-likeness (QED) is 0.750. The monoisotopic (exact) mass is 199 g/mol. The maximum Gasteiger partial charge on any atom is 0.126 e. The summed E-state index contributed by atoms with van der Waals surface area (Å²) in [5.74, 6) is 0.0883. The van der Waals surface area contributed by atoms with E-state index in [0.717, 1.165) is 5.56 Å². The van der Waals surface area contributed by atoms with Crippen LogP contribution >= 0.6 is 0 Å². The molecule has 78 valence electrons. The molecule has 0 bridgehead atoms. The Labute approximate surface area is 82.3 Å². The van der Waals surface area contributed by atoms with Crippen LogP contribution in [0.3, 0.4) is 0 Å². The third kappa shape index (κ3) is 2.68. The van der Waals surface area contributed by atoms with Crippen LogP contribution < -0.4 is 10.5 Å². The molecule has 0 saturated carbocycles. The van der Waals surface area contributed by atoms with Gasteiger partial charge in [-0.05, 0) is 11.6 Å². The molecule has 0 radical (unpaired) electrons. The van der Waals surface area contributed by atoms with Crippen molar-refractivity contribution in [2.75, 3.05) is 13.7 Å². The van der Waals surface area contributed by atoms with Crippen LogP contribution in [0.2, 0.25) is 0 Å². The summed E-state index contributed by atoms with van der Waals surface area (Å²) in [6.07, 6.45) is -0.241. The number of benzene rings is 1. The molecule has 1 unspecified atom stereocenters. The van der Waals surface area contributed by atoms with Gasteiger partial charge in [-0.15, -0.1) is 0 Å². The Morgan fingerprint density at radius 3 is 2.86 bits per heavy atom. The highest BCUT2D eigenvalue weighted by molar-refractivity contribution is 5.34. The standard InChI is InChI=1S/C10H14FNO2/c1-14-10-5-8(11)3-2-7(10)4-9(13)6-12/h2-3,5,9,13H,4,6,12H2,1H3. The van der Waals surface area contributed by atoms with Crippen LogP contribution in [0.5, 0.6) is 5.75 Å². The van der Waals surface area contributed by atoms with Gasteiger partial charge in [-0.1, -0.05) is 6.07 Å². The minimum atomic E-state index is -0.616. The molecule has 0 spiro atoms. The smallest absolute Gasteiger partial charge is 0.126 e. The van der Waals surface area contributed by atoms with E-state index < -0.39 is 6.10 Å². The normalized spacial score (nSPS) is 12.6. The number of hydrogen-bond acceptors (Lipinski definition) is 3. The molecule has 0 fully saturated rings. The molecule has 1 aromatic carbocycles. The summed E-state index contributed by atoms with van der Waals surface area (Å²) in [4.78, 5) is 0. The fourth-order valence-electron chi connectivity index (χ4n) is 1.22. The molecule has 0 amide bonds. The highest BCUT2D eigenvalue weighted by Gasteiger charge is 2.08. The largest absolute Gasteiger partial charge is 0.496 e. The van der Waals surface area contributed by atoms with Gasteiger partial charge < -0.3 is 15.6 Å². The zero-order chi connectivity index (χ0) is 10.6. The van der Waals surface area contributed by atoms with Gasteiger partial charge in [0.1, 0.15) is 11.6 Å². The van der Waals surface area contributed by atoms with Gasteiger partial charge in [-0.3, -0.25) is 0 Å². The second-order valence-corrected chi connectivity index (χ2v) is 3.05. The van der Waals surface area contributed by atoms with Crippen LogP contribution in [-0.2, 0) is 6.42 Å². The molecule has 0 aliphatic rings. The molecule has 3 N–H and O–H groups in total. The predicted molar refractivity (Wildman–Crippen MR) is 51.7 cm³/mol. The lowest BCUT2D eigenvalue weighted by molar-refractivity contribution is 0.182. The Morgan fingerprint density at radius 1 is 1.57 bits per heavy atom. The van der Waals surface area contributed by atoms with Crippen LogP contribution in [-0.4, -0.2) is 24.9 Å². The summed E-state index contributed by atoms with van der Waals surface area (Å²) in [5, 5.41) is 9.33. The van der Waals surface area contributed by atoms with E-state index in [0.29, 0.717) is 12.2 Å². The van der Waals surface area contributed by atoms with E-state index in [-0.39, 0.29) is 12.4 Å². The molecule has 0 heterocycles. The number of ether oxygens (including phenoxy) is 1. The summed E-state index contributed by atoms with van der Waals surface area (Å²) < 4.78 is 17.8. The fourth-order valence-corrected chi connectivity index (χ4v) is 1.22. The number of rotatable bonds is 4. The maximum absolute atomic E-state index is 12.8. The Kier molecular flexibility index (Phi) is 3.85. The SMILES string of the molecule is COc1cc(F)ccc1CC(O)CN. The van der Waals surface area contributed by atoms with Crippen molar-refractivity contribution < 1.29 is 14.2 Å². The molecular weight excluding hydrogens is 185 g/mol. The molecule has 4 heteroatoms. The Morgan fingerprint density at radius 2 is 2.29 bits per heavy atom. The average molecular weight is 199 g/mol. The number of aliphatic hydroxyl groups is 1. The van der Waals surface area contributed by atoms with Crippen molar-refractivity contribution >= 4 is 0 Å². The second kappa shape index (κ2) is 4.93. The molecule has 14 heavy (non-hydrogen) atoms. The number of hydrogen-bond donors (Lipinski definition) is 2. The first-order valence-corrected chi connectivity index (χ1v) is 4.38. The van der Waals surface area contributed by atoms with Crippen molar-refractivity contribution in [3.8, 4) is 5.75 Å².